The third-order valence-electron chi connectivity index (χ3n) is 2.37. The van der Waals surface area contributed by atoms with Gasteiger partial charge in [0, 0.05) is 28.3 Å². The van der Waals surface area contributed by atoms with E-state index in [0.29, 0.717) is 17.4 Å². The van der Waals surface area contributed by atoms with Gasteiger partial charge in [-0.15, -0.1) is 11.8 Å². The number of nitrogens with one attached hydrogen (secondary N) is 1. The van der Waals surface area contributed by atoms with Crippen molar-refractivity contribution in [3.05, 3.63) is 29.8 Å². The maximum absolute atomic E-state index is 11.8. The molecule has 0 aliphatic heterocycles. The van der Waals surface area contributed by atoms with Crippen LogP contribution in [0, 0.1) is 0 Å². The van der Waals surface area contributed by atoms with Crippen molar-refractivity contribution in [2.45, 2.75) is 43.4 Å². The Kier molecular flexibility index (Phi) is 6.22. The number of rotatable bonds is 6. The van der Waals surface area contributed by atoms with Crippen molar-refractivity contribution in [3.8, 4) is 0 Å². The van der Waals surface area contributed by atoms with Crippen LogP contribution < -0.4 is 11.1 Å². The summed E-state index contributed by atoms with van der Waals surface area (Å²) in [7, 11) is 0. The highest BCUT2D eigenvalue weighted by molar-refractivity contribution is 7.99. The van der Waals surface area contributed by atoms with Crippen LogP contribution in [0.4, 0.5) is 0 Å². The highest BCUT2D eigenvalue weighted by Gasteiger charge is 2.06. The molecular formula is C14H22N2OS. The quantitative estimate of drug-likeness (QED) is 0.778. The van der Waals surface area contributed by atoms with Gasteiger partial charge in [-0.05, 0) is 37.6 Å². The Hall–Kier alpha value is -1.00. The monoisotopic (exact) mass is 266 g/mol. The van der Waals surface area contributed by atoms with Crippen molar-refractivity contribution in [2.75, 3.05) is 6.54 Å². The maximum atomic E-state index is 11.8. The lowest BCUT2D eigenvalue weighted by molar-refractivity contribution is 0.0952. The minimum atomic E-state index is -0.0308. The van der Waals surface area contributed by atoms with Gasteiger partial charge in [0.2, 0.25) is 0 Å². The van der Waals surface area contributed by atoms with Gasteiger partial charge in [0.15, 0.2) is 0 Å². The minimum absolute atomic E-state index is 0.0308. The first-order valence-corrected chi connectivity index (χ1v) is 7.17. The van der Waals surface area contributed by atoms with Crippen molar-refractivity contribution in [3.63, 3.8) is 0 Å². The number of hydrogen-bond acceptors (Lipinski definition) is 3. The number of thioether (sulfide) groups is 1. The van der Waals surface area contributed by atoms with Gasteiger partial charge in [0.1, 0.15) is 0 Å². The second-order valence-corrected chi connectivity index (χ2v) is 6.36. The van der Waals surface area contributed by atoms with Crippen LogP contribution >= 0.6 is 11.8 Å². The van der Waals surface area contributed by atoms with E-state index in [-0.39, 0.29) is 11.9 Å². The summed E-state index contributed by atoms with van der Waals surface area (Å²) in [6.07, 6.45) is 0.799. The molecule has 0 radical (unpaired) electrons. The van der Waals surface area contributed by atoms with Crippen LogP contribution in [-0.2, 0) is 0 Å². The highest BCUT2D eigenvalue weighted by atomic mass is 32.2. The molecule has 1 aromatic carbocycles. The lowest BCUT2D eigenvalue weighted by Crippen LogP contribution is -2.28. The molecule has 0 saturated heterocycles. The first-order chi connectivity index (χ1) is 8.49. The molecule has 0 aliphatic rings. The van der Waals surface area contributed by atoms with E-state index in [1.165, 1.54) is 4.90 Å². The van der Waals surface area contributed by atoms with Crippen molar-refractivity contribution in [1.82, 2.24) is 5.32 Å². The number of nitrogens with two attached hydrogens (primary N) is 1. The molecule has 0 heterocycles. The third kappa shape index (κ3) is 5.56. The molecule has 0 bridgehead atoms. The topological polar surface area (TPSA) is 55.1 Å². The molecule has 0 saturated carbocycles. The van der Waals surface area contributed by atoms with E-state index in [0.717, 1.165) is 6.42 Å². The second kappa shape index (κ2) is 7.44. The molecule has 1 unspecified atom stereocenters. The third-order valence-corrected chi connectivity index (χ3v) is 3.39. The van der Waals surface area contributed by atoms with Gasteiger partial charge < -0.3 is 11.1 Å². The Labute approximate surface area is 114 Å². The SMILES string of the molecule is CC(N)CCNC(=O)c1ccc(SC(C)C)cc1. The molecule has 1 rings (SSSR count). The highest BCUT2D eigenvalue weighted by Crippen LogP contribution is 2.22. The Balaban J connectivity index is 2.48. The van der Waals surface area contributed by atoms with E-state index in [2.05, 4.69) is 19.2 Å². The van der Waals surface area contributed by atoms with E-state index in [9.17, 15) is 4.79 Å². The van der Waals surface area contributed by atoms with E-state index in [1.54, 1.807) is 11.8 Å². The second-order valence-electron chi connectivity index (χ2n) is 4.71. The summed E-state index contributed by atoms with van der Waals surface area (Å²) < 4.78 is 0. The van der Waals surface area contributed by atoms with Crippen LogP contribution in [0.5, 0.6) is 0 Å². The van der Waals surface area contributed by atoms with Crippen LogP contribution in [0.1, 0.15) is 37.6 Å². The Morgan fingerprint density at radius 2 is 1.89 bits per heavy atom. The number of hydrogen-bond donors (Lipinski definition) is 2. The first kappa shape index (κ1) is 15.1. The number of carbonyl (C=O) groups is 1. The molecule has 100 valence electrons. The van der Waals surface area contributed by atoms with Crippen molar-refractivity contribution in [2.24, 2.45) is 5.73 Å². The summed E-state index contributed by atoms with van der Waals surface area (Å²) in [6, 6.07) is 7.84. The molecule has 0 aliphatic carbocycles. The molecule has 1 atom stereocenters. The van der Waals surface area contributed by atoms with Gasteiger partial charge in [-0.1, -0.05) is 13.8 Å². The average Bonchev–Trinajstić information content (AvgIpc) is 2.28. The number of benzene rings is 1. The molecule has 4 heteroatoms. The molecule has 3 nitrogen and oxygen atoms in total. The Morgan fingerprint density at radius 1 is 1.28 bits per heavy atom. The fraction of sp³-hybridized carbons (Fsp3) is 0.500. The summed E-state index contributed by atoms with van der Waals surface area (Å²) in [5.41, 5.74) is 6.33. The number of carbonyl (C=O) groups excluding carboxylic acids is 1. The molecule has 0 fully saturated rings. The molecule has 1 amide bonds. The van der Waals surface area contributed by atoms with E-state index in [1.807, 2.05) is 31.2 Å². The van der Waals surface area contributed by atoms with Gasteiger partial charge in [0.05, 0.1) is 0 Å². The maximum Gasteiger partial charge on any atom is 0.251 e. The summed E-state index contributed by atoms with van der Waals surface area (Å²) in [4.78, 5) is 13.0. The smallest absolute Gasteiger partial charge is 0.251 e. The summed E-state index contributed by atoms with van der Waals surface area (Å²) in [6.45, 7) is 6.86. The van der Waals surface area contributed by atoms with Crippen LogP contribution in [-0.4, -0.2) is 23.7 Å². The Bertz CT molecular complexity index is 374. The summed E-state index contributed by atoms with van der Waals surface area (Å²) >= 11 is 1.79. The van der Waals surface area contributed by atoms with E-state index < -0.39 is 0 Å². The van der Waals surface area contributed by atoms with Crippen molar-refractivity contribution >= 4 is 17.7 Å². The zero-order valence-electron chi connectivity index (χ0n) is 11.3. The van der Waals surface area contributed by atoms with Crippen LogP contribution in [0.3, 0.4) is 0 Å². The zero-order chi connectivity index (χ0) is 13.5. The lowest BCUT2D eigenvalue weighted by atomic mass is 10.2. The largest absolute Gasteiger partial charge is 0.352 e. The van der Waals surface area contributed by atoms with Crippen molar-refractivity contribution in [1.29, 1.82) is 0 Å². The fourth-order valence-electron chi connectivity index (χ4n) is 1.47. The summed E-state index contributed by atoms with van der Waals surface area (Å²) in [5, 5.41) is 3.42. The standard InChI is InChI=1S/C14H22N2OS/c1-10(2)18-13-6-4-12(5-7-13)14(17)16-9-8-11(3)15/h4-7,10-11H,8-9,15H2,1-3H3,(H,16,17). The van der Waals surface area contributed by atoms with Gasteiger partial charge in [-0.2, -0.15) is 0 Å². The van der Waals surface area contributed by atoms with Crippen LogP contribution in [0.2, 0.25) is 0 Å². The fourth-order valence-corrected chi connectivity index (χ4v) is 2.31. The predicted octanol–water partition coefficient (Wildman–Crippen LogP) is 2.65. The van der Waals surface area contributed by atoms with Gasteiger partial charge in [0.25, 0.3) is 5.91 Å². The van der Waals surface area contributed by atoms with Crippen molar-refractivity contribution < 1.29 is 4.79 Å². The molecule has 0 aromatic heterocycles. The normalized spacial score (nSPS) is 12.5. The van der Waals surface area contributed by atoms with E-state index in [4.69, 9.17) is 5.73 Å². The average molecular weight is 266 g/mol. The van der Waals surface area contributed by atoms with E-state index >= 15 is 0 Å². The zero-order valence-corrected chi connectivity index (χ0v) is 12.1. The molecule has 18 heavy (non-hydrogen) atoms. The van der Waals surface area contributed by atoms with Crippen LogP contribution in [0.25, 0.3) is 0 Å². The molecule has 1 aromatic rings. The lowest BCUT2D eigenvalue weighted by Gasteiger charge is -2.08. The van der Waals surface area contributed by atoms with Gasteiger partial charge >= 0.3 is 0 Å². The molecule has 0 spiro atoms. The van der Waals surface area contributed by atoms with Gasteiger partial charge in [-0.3, -0.25) is 4.79 Å². The Morgan fingerprint density at radius 3 is 2.39 bits per heavy atom. The number of amides is 1. The summed E-state index contributed by atoms with van der Waals surface area (Å²) in [5.74, 6) is -0.0308. The van der Waals surface area contributed by atoms with Gasteiger partial charge in [-0.25, -0.2) is 0 Å². The first-order valence-electron chi connectivity index (χ1n) is 6.29. The van der Waals surface area contributed by atoms with Crippen LogP contribution in [0.15, 0.2) is 29.2 Å². The minimum Gasteiger partial charge on any atom is -0.352 e. The molecule has 3 N–H and O–H groups in total. The molecular weight excluding hydrogens is 244 g/mol. The predicted molar refractivity (Wildman–Crippen MR) is 78.0 cm³/mol.